The number of rotatable bonds is 5. The lowest BCUT2D eigenvalue weighted by atomic mass is 9.97. The molecule has 1 aliphatic rings. The zero-order chi connectivity index (χ0) is 14.0. The van der Waals surface area contributed by atoms with Crippen molar-refractivity contribution in [3.05, 3.63) is 0 Å². The fraction of sp³-hybridized carbons (Fsp3) is 1.00. The van der Waals surface area contributed by atoms with Crippen LogP contribution in [0.2, 0.25) is 0 Å². The molecule has 1 aliphatic heterocycles. The zero-order valence-corrected chi connectivity index (χ0v) is 12.8. The van der Waals surface area contributed by atoms with Crippen molar-refractivity contribution in [2.45, 2.75) is 39.7 Å². The quantitative estimate of drug-likeness (QED) is 0.722. The van der Waals surface area contributed by atoms with E-state index in [-0.39, 0.29) is 19.3 Å². The predicted molar refractivity (Wildman–Crippen MR) is 78.5 cm³/mol. The van der Waals surface area contributed by atoms with Crippen molar-refractivity contribution < 1.29 is 19.5 Å². The van der Waals surface area contributed by atoms with E-state index in [0.717, 1.165) is 30.1 Å². The molecule has 0 bridgehead atoms. The van der Waals surface area contributed by atoms with Gasteiger partial charge in [-0.05, 0) is 36.0 Å². The van der Waals surface area contributed by atoms with Gasteiger partial charge in [0, 0.05) is 13.2 Å². The standard InChI is InChI=1S/C7H14O3.C6H16OS/c8-4-6-1-2-10-7(3-6)5-9;1-4-8(7,5-2)6-3/h6-9H,1-5H2;7H,4-6H2,1-3H3/t6?,7-;/m0./s1. The molecule has 0 aromatic heterocycles. The Labute approximate surface area is 113 Å². The molecule has 0 amide bonds. The van der Waals surface area contributed by atoms with E-state index in [2.05, 4.69) is 20.8 Å². The summed E-state index contributed by atoms with van der Waals surface area (Å²) in [5.41, 5.74) is 0. The van der Waals surface area contributed by atoms with Crippen LogP contribution in [0, 0.1) is 5.92 Å². The normalized spacial score (nSPS) is 25.2. The van der Waals surface area contributed by atoms with Crippen LogP contribution < -0.4 is 0 Å². The Morgan fingerprint density at radius 1 is 1.06 bits per heavy atom. The van der Waals surface area contributed by atoms with Gasteiger partial charge in [-0.1, -0.05) is 20.8 Å². The van der Waals surface area contributed by atoms with Crippen LogP contribution in [-0.4, -0.2) is 57.9 Å². The minimum absolute atomic E-state index is 0.0362. The van der Waals surface area contributed by atoms with Crippen molar-refractivity contribution in [2.24, 2.45) is 5.92 Å². The van der Waals surface area contributed by atoms with E-state index < -0.39 is 10.3 Å². The molecule has 0 saturated carbocycles. The van der Waals surface area contributed by atoms with Gasteiger partial charge in [0.1, 0.15) is 0 Å². The van der Waals surface area contributed by atoms with Gasteiger partial charge in [-0.25, -0.2) is 0 Å². The molecule has 4 nitrogen and oxygen atoms in total. The van der Waals surface area contributed by atoms with Gasteiger partial charge in [-0.15, -0.1) is 10.3 Å². The third-order valence-corrected chi connectivity index (χ3v) is 6.77. The third kappa shape index (κ3) is 6.95. The maximum atomic E-state index is 9.52. The predicted octanol–water partition coefficient (Wildman–Crippen LogP) is 2.09. The molecule has 1 rings (SSSR count). The smallest absolute Gasteiger partial charge is 0.0809 e. The molecule has 0 aromatic carbocycles. The van der Waals surface area contributed by atoms with Crippen LogP contribution in [0.1, 0.15) is 33.6 Å². The molecule has 3 N–H and O–H groups in total. The number of hydrogen-bond acceptors (Lipinski definition) is 4. The summed E-state index contributed by atoms with van der Waals surface area (Å²) >= 11 is 0. The molecule has 1 fully saturated rings. The number of hydrogen-bond donors (Lipinski definition) is 3. The van der Waals surface area contributed by atoms with Crippen LogP contribution in [0.25, 0.3) is 0 Å². The van der Waals surface area contributed by atoms with Gasteiger partial charge in [0.25, 0.3) is 0 Å². The summed E-state index contributed by atoms with van der Waals surface area (Å²) in [5, 5.41) is 17.5. The van der Waals surface area contributed by atoms with Crippen molar-refractivity contribution in [3.63, 3.8) is 0 Å². The second-order valence-electron chi connectivity index (χ2n) is 4.61. The highest BCUT2D eigenvalue weighted by atomic mass is 32.3. The molecule has 18 heavy (non-hydrogen) atoms. The van der Waals surface area contributed by atoms with Crippen molar-refractivity contribution >= 4 is 10.3 Å². The molecule has 1 heterocycles. The first-order valence-corrected chi connectivity index (χ1v) is 8.97. The lowest BCUT2D eigenvalue weighted by Gasteiger charge is -2.29. The SMILES string of the molecule is CCS(O)(CC)CC.OCC1CCO[C@H](CO)C1. The van der Waals surface area contributed by atoms with Gasteiger partial charge in [0.2, 0.25) is 0 Å². The Hall–Kier alpha value is 0.190. The van der Waals surface area contributed by atoms with Crippen molar-refractivity contribution in [2.75, 3.05) is 37.1 Å². The van der Waals surface area contributed by atoms with E-state index in [4.69, 9.17) is 14.9 Å². The van der Waals surface area contributed by atoms with E-state index in [1.165, 1.54) is 0 Å². The monoisotopic (exact) mass is 282 g/mol. The molecular weight excluding hydrogens is 252 g/mol. The lowest BCUT2D eigenvalue weighted by molar-refractivity contribution is -0.0465. The minimum atomic E-state index is -1.15. The third-order valence-electron chi connectivity index (χ3n) is 3.55. The topological polar surface area (TPSA) is 69.9 Å². The summed E-state index contributed by atoms with van der Waals surface area (Å²) < 4.78 is 14.7. The molecular formula is C13H30O4S. The van der Waals surface area contributed by atoms with E-state index in [1.54, 1.807) is 0 Å². The molecule has 112 valence electrons. The van der Waals surface area contributed by atoms with Crippen LogP contribution in [0.3, 0.4) is 0 Å². The Bertz CT molecular complexity index is 179. The number of aliphatic hydroxyl groups is 2. The molecule has 1 unspecified atom stereocenters. The summed E-state index contributed by atoms with van der Waals surface area (Å²) in [6, 6.07) is 0. The summed E-state index contributed by atoms with van der Waals surface area (Å²) in [6.07, 6.45) is 1.69. The number of aliphatic hydroxyl groups excluding tert-OH is 2. The van der Waals surface area contributed by atoms with Crippen molar-refractivity contribution in [1.82, 2.24) is 0 Å². The van der Waals surface area contributed by atoms with Gasteiger partial charge in [0.05, 0.1) is 12.7 Å². The molecule has 0 spiro atoms. The van der Waals surface area contributed by atoms with Crippen LogP contribution >= 0.6 is 10.3 Å². The van der Waals surface area contributed by atoms with E-state index in [1.807, 2.05) is 0 Å². The summed E-state index contributed by atoms with van der Waals surface area (Å²) in [6.45, 7) is 7.15. The Balaban J connectivity index is 0.000000331. The molecule has 0 aliphatic carbocycles. The van der Waals surface area contributed by atoms with E-state index in [0.29, 0.717) is 12.5 Å². The fourth-order valence-electron chi connectivity index (χ4n) is 1.86. The highest BCUT2D eigenvalue weighted by Crippen LogP contribution is 2.41. The highest BCUT2D eigenvalue weighted by molar-refractivity contribution is 8.29. The first-order chi connectivity index (χ1) is 8.55. The first-order valence-electron chi connectivity index (χ1n) is 6.87. The molecule has 0 aromatic rings. The minimum Gasteiger partial charge on any atom is -0.396 e. The summed E-state index contributed by atoms with van der Waals surface area (Å²) in [5.74, 6) is 3.21. The molecule has 0 radical (unpaired) electrons. The van der Waals surface area contributed by atoms with Crippen LogP contribution in [0.15, 0.2) is 0 Å². The van der Waals surface area contributed by atoms with Crippen LogP contribution in [0.4, 0.5) is 0 Å². The van der Waals surface area contributed by atoms with Gasteiger partial charge in [-0.2, -0.15) is 0 Å². The maximum absolute atomic E-state index is 9.52. The van der Waals surface area contributed by atoms with Crippen molar-refractivity contribution in [3.8, 4) is 0 Å². The summed E-state index contributed by atoms with van der Waals surface area (Å²) in [4.78, 5) is 0. The average Bonchev–Trinajstić information content (AvgIpc) is 2.47. The van der Waals surface area contributed by atoms with Crippen molar-refractivity contribution in [1.29, 1.82) is 0 Å². The molecule has 2 atom stereocenters. The lowest BCUT2D eigenvalue weighted by Crippen LogP contribution is -2.29. The van der Waals surface area contributed by atoms with Gasteiger partial charge >= 0.3 is 0 Å². The van der Waals surface area contributed by atoms with E-state index >= 15 is 0 Å². The van der Waals surface area contributed by atoms with Gasteiger partial charge < -0.3 is 19.5 Å². The largest absolute Gasteiger partial charge is 0.396 e. The Morgan fingerprint density at radius 3 is 1.94 bits per heavy atom. The number of ether oxygens (including phenoxy) is 1. The first kappa shape index (κ1) is 18.2. The van der Waals surface area contributed by atoms with E-state index in [9.17, 15) is 4.55 Å². The van der Waals surface area contributed by atoms with Crippen LogP contribution in [-0.2, 0) is 4.74 Å². The molecule has 5 heteroatoms. The Morgan fingerprint density at radius 2 is 1.61 bits per heavy atom. The zero-order valence-electron chi connectivity index (χ0n) is 12.0. The average molecular weight is 282 g/mol. The van der Waals surface area contributed by atoms with Gasteiger partial charge in [-0.3, -0.25) is 0 Å². The second kappa shape index (κ2) is 10.0. The second-order valence-corrected chi connectivity index (χ2v) is 8.35. The molecule has 1 saturated heterocycles. The van der Waals surface area contributed by atoms with Gasteiger partial charge in [0.15, 0.2) is 0 Å². The van der Waals surface area contributed by atoms with Crippen LogP contribution in [0.5, 0.6) is 0 Å². The highest BCUT2D eigenvalue weighted by Gasteiger charge is 2.20. The fourth-order valence-corrected chi connectivity index (χ4v) is 3.09. The Kier molecular flexibility index (Phi) is 10.1. The maximum Gasteiger partial charge on any atom is 0.0809 e. The summed E-state index contributed by atoms with van der Waals surface area (Å²) in [7, 11) is -1.15.